The van der Waals surface area contributed by atoms with Gasteiger partial charge in [-0.3, -0.25) is 9.20 Å². The molecule has 2 aromatic heterocycles. The van der Waals surface area contributed by atoms with Gasteiger partial charge in [0.2, 0.25) is 10.5 Å². The fourth-order valence-electron chi connectivity index (χ4n) is 5.59. The third-order valence-corrected chi connectivity index (χ3v) is 7.23. The fraction of sp³-hybridized carbons (Fsp3) is 0.292. The molecule has 0 bridgehead atoms. The number of nitrogens with zero attached hydrogens (tertiary/aromatic N) is 3. The Morgan fingerprint density at radius 2 is 1.84 bits per heavy atom. The summed E-state index contributed by atoms with van der Waals surface area (Å²) in [5.74, 6) is 1.24. The second-order valence-corrected chi connectivity index (χ2v) is 8.93. The monoisotopic (exact) mass is 430 g/mol. The number of aromatic amines is 1. The minimum absolute atomic E-state index is 0.00179. The SMILES string of the molecule is COc1ccc(-n2c(=O)c3c(n4c(=S)[nH]nc24)-c2ccccc2CC32CCCC2)cc1. The number of hydrogen-bond donors (Lipinski definition) is 1. The quantitative estimate of drug-likeness (QED) is 0.473. The molecule has 2 aliphatic rings. The van der Waals surface area contributed by atoms with E-state index in [4.69, 9.17) is 17.0 Å². The van der Waals surface area contributed by atoms with Gasteiger partial charge in [0.1, 0.15) is 5.75 Å². The van der Waals surface area contributed by atoms with E-state index in [9.17, 15) is 4.79 Å². The van der Waals surface area contributed by atoms with Gasteiger partial charge in [0.15, 0.2) is 0 Å². The molecule has 1 fully saturated rings. The predicted octanol–water partition coefficient (Wildman–Crippen LogP) is 4.59. The van der Waals surface area contributed by atoms with Crippen molar-refractivity contribution in [2.24, 2.45) is 0 Å². The number of aromatic nitrogens is 4. The first kappa shape index (κ1) is 18.6. The fourth-order valence-corrected chi connectivity index (χ4v) is 5.81. The van der Waals surface area contributed by atoms with E-state index in [1.807, 2.05) is 34.7 Å². The third-order valence-electron chi connectivity index (χ3n) is 6.95. The Labute approximate surface area is 184 Å². The number of methoxy groups -OCH3 is 1. The number of H-pyrrole nitrogens is 1. The van der Waals surface area contributed by atoms with E-state index in [1.54, 1.807) is 11.7 Å². The molecule has 0 aliphatic heterocycles. The van der Waals surface area contributed by atoms with Gasteiger partial charge in [0, 0.05) is 16.5 Å². The second kappa shape index (κ2) is 6.65. The normalized spacial score (nSPS) is 16.4. The summed E-state index contributed by atoms with van der Waals surface area (Å²) in [4.78, 5) is 14.2. The van der Waals surface area contributed by atoms with Crippen molar-refractivity contribution >= 4 is 18.0 Å². The van der Waals surface area contributed by atoms with Gasteiger partial charge in [-0.2, -0.15) is 0 Å². The first-order valence-corrected chi connectivity index (χ1v) is 11.0. The summed E-state index contributed by atoms with van der Waals surface area (Å²) in [6.45, 7) is 0. The van der Waals surface area contributed by atoms with Crippen LogP contribution in [-0.4, -0.2) is 26.3 Å². The van der Waals surface area contributed by atoms with Crippen LogP contribution in [0.25, 0.3) is 22.7 Å². The molecule has 0 radical (unpaired) electrons. The van der Waals surface area contributed by atoms with Gasteiger partial charge in [-0.15, -0.1) is 5.10 Å². The van der Waals surface area contributed by atoms with Gasteiger partial charge in [0.25, 0.3) is 5.56 Å². The van der Waals surface area contributed by atoms with Crippen LogP contribution in [0.3, 0.4) is 0 Å². The zero-order valence-electron chi connectivity index (χ0n) is 17.2. The van der Waals surface area contributed by atoms with E-state index < -0.39 is 0 Å². The maximum absolute atomic E-state index is 14.2. The van der Waals surface area contributed by atoms with E-state index in [0.717, 1.165) is 60.4 Å². The third kappa shape index (κ3) is 2.53. The molecule has 0 saturated heterocycles. The number of nitrogens with one attached hydrogen (secondary N) is 1. The van der Waals surface area contributed by atoms with Crippen LogP contribution in [0.2, 0.25) is 0 Å². The molecule has 2 aliphatic carbocycles. The van der Waals surface area contributed by atoms with Crippen molar-refractivity contribution in [2.45, 2.75) is 37.5 Å². The number of benzene rings is 2. The van der Waals surface area contributed by atoms with Gasteiger partial charge in [0.05, 0.1) is 18.5 Å². The lowest BCUT2D eigenvalue weighted by molar-refractivity contribution is 0.414. The first-order chi connectivity index (χ1) is 15.1. The van der Waals surface area contributed by atoms with Gasteiger partial charge in [-0.25, -0.2) is 9.67 Å². The highest BCUT2D eigenvalue weighted by atomic mass is 32.1. The molecule has 156 valence electrons. The minimum Gasteiger partial charge on any atom is -0.497 e. The summed E-state index contributed by atoms with van der Waals surface area (Å²) in [7, 11) is 1.63. The van der Waals surface area contributed by atoms with Crippen molar-refractivity contribution in [1.29, 1.82) is 0 Å². The van der Waals surface area contributed by atoms with Crippen LogP contribution in [0.5, 0.6) is 5.75 Å². The summed E-state index contributed by atoms with van der Waals surface area (Å²) in [6, 6.07) is 15.9. The summed E-state index contributed by atoms with van der Waals surface area (Å²) >= 11 is 5.67. The Kier molecular flexibility index (Phi) is 3.99. The molecule has 6 rings (SSSR count). The van der Waals surface area contributed by atoms with E-state index >= 15 is 0 Å². The molecule has 2 aromatic carbocycles. The lowest BCUT2D eigenvalue weighted by Crippen LogP contribution is -2.40. The number of hydrogen-bond acceptors (Lipinski definition) is 4. The summed E-state index contributed by atoms with van der Waals surface area (Å²) in [5.41, 5.74) is 4.74. The van der Waals surface area contributed by atoms with Crippen molar-refractivity contribution in [3.8, 4) is 22.7 Å². The zero-order chi connectivity index (χ0) is 21.2. The maximum atomic E-state index is 14.2. The molecule has 1 N–H and O–H groups in total. The van der Waals surface area contributed by atoms with Gasteiger partial charge in [-0.1, -0.05) is 37.1 Å². The minimum atomic E-state index is -0.158. The maximum Gasteiger partial charge on any atom is 0.263 e. The standard InChI is InChI=1S/C24H22N4O2S/c1-30-17-10-8-16(9-11-17)27-21(29)19-20(28-22(27)25-26-23(28)31)18-7-3-2-6-15(18)14-24(19)12-4-5-13-24/h2-3,6-11H,4-5,12-14H2,1H3,(H,26,31). The van der Waals surface area contributed by atoms with Crippen LogP contribution < -0.4 is 10.3 Å². The van der Waals surface area contributed by atoms with E-state index in [2.05, 4.69) is 28.4 Å². The Hall–Kier alpha value is -3.19. The Morgan fingerprint density at radius 1 is 1.10 bits per heavy atom. The van der Waals surface area contributed by atoms with E-state index in [1.165, 1.54) is 5.56 Å². The Bertz CT molecular complexity index is 1440. The summed E-state index contributed by atoms with van der Waals surface area (Å²) < 4.78 is 9.45. The topological polar surface area (TPSA) is 64.3 Å². The van der Waals surface area contributed by atoms with Gasteiger partial charge < -0.3 is 4.74 Å². The van der Waals surface area contributed by atoms with E-state index in [-0.39, 0.29) is 11.0 Å². The largest absolute Gasteiger partial charge is 0.497 e. The molecule has 0 amide bonds. The number of ether oxygens (including phenoxy) is 1. The van der Waals surface area contributed by atoms with E-state index in [0.29, 0.717) is 10.5 Å². The molecular weight excluding hydrogens is 408 g/mol. The number of rotatable bonds is 2. The second-order valence-electron chi connectivity index (χ2n) is 8.55. The molecule has 4 aromatic rings. The molecule has 6 nitrogen and oxygen atoms in total. The lowest BCUT2D eigenvalue weighted by Gasteiger charge is -2.37. The predicted molar refractivity (Wildman–Crippen MR) is 122 cm³/mol. The van der Waals surface area contributed by atoms with Crippen molar-refractivity contribution in [3.63, 3.8) is 0 Å². The highest BCUT2D eigenvalue weighted by Crippen LogP contribution is 2.50. The van der Waals surface area contributed by atoms with Crippen molar-refractivity contribution < 1.29 is 4.74 Å². The van der Waals surface area contributed by atoms with Crippen LogP contribution in [0.1, 0.15) is 36.8 Å². The number of fused-ring (bicyclic) bond motifs is 6. The average molecular weight is 431 g/mol. The molecule has 31 heavy (non-hydrogen) atoms. The molecule has 0 atom stereocenters. The lowest BCUT2D eigenvalue weighted by atomic mass is 9.68. The Balaban J connectivity index is 1.78. The zero-order valence-corrected chi connectivity index (χ0v) is 18.0. The van der Waals surface area contributed by atoms with Gasteiger partial charge >= 0.3 is 0 Å². The van der Waals surface area contributed by atoms with Crippen LogP contribution in [0.15, 0.2) is 53.3 Å². The smallest absolute Gasteiger partial charge is 0.263 e. The molecule has 2 heterocycles. The van der Waals surface area contributed by atoms with Crippen molar-refractivity contribution in [3.05, 3.63) is 74.8 Å². The van der Waals surface area contributed by atoms with Crippen molar-refractivity contribution in [2.75, 3.05) is 7.11 Å². The molecule has 1 saturated carbocycles. The molecule has 0 unspecified atom stereocenters. The first-order valence-electron chi connectivity index (χ1n) is 10.6. The molecular formula is C24H22N4O2S. The molecule has 1 spiro atoms. The van der Waals surface area contributed by atoms with Crippen LogP contribution in [-0.2, 0) is 11.8 Å². The van der Waals surface area contributed by atoms with Crippen LogP contribution in [0.4, 0.5) is 0 Å². The molecule has 7 heteroatoms. The summed E-state index contributed by atoms with van der Waals surface area (Å²) in [5, 5.41) is 7.40. The van der Waals surface area contributed by atoms with Crippen molar-refractivity contribution in [1.82, 2.24) is 19.2 Å². The highest BCUT2D eigenvalue weighted by molar-refractivity contribution is 7.71. The van der Waals surface area contributed by atoms with Crippen LogP contribution in [0, 0.1) is 4.77 Å². The Morgan fingerprint density at radius 3 is 2.58 bits per heavy atom. The highest BCUT2D eigenvalue weighted by Gasteiger charge is 2.45. The van der Waals surface area contributed by atoms with Gasteiger partial charge in [-0.05, 0) is 61.3 Å². The average Bonchev–Trinajstić information content (AvgIpc) is 3.41. The van der Waals surface area contributed by atoms with Crippen LogP contribution >= 0.6 is 12.2 Å². The summed E-state index contributed by atoms with van der Waals surface area (Å²) in [6.07, 6.45) is 5.20.